The summed E-state index contributed by atoms with van der Waals surface area (Å²) < 4.78 is 38.6. The molecule has 4 amide bonds. The molecular formula is C51H71FN6O9S. The Labute approximate surface area is 404 Å². The van der Waals surface area contributed by atoms with E-state index in [-0.39, 0.29) is 38.5 Å². The van der Waals surface area contributed by atoms with Crippen LogP contribution in [0.1, 0.15) is 111 Å². The van der Waals surface area contributed by atoms with Gasteiger partial charge >= 0.3 is 6.09 Å². The second kappa shape index (κ2) is 21.3. The fraction of sp³-hybridized carbons (Fsp3) is 0.627. The van der Waals surface area contributed by atoms with Crippen molar-refractivity contribution in [3.63, 3.8) is 0 Å². The predicted octanol–water partition coefficient (Wildman–Crippen LogP) is 7.81. The van der Waals surface area contributed by atoms with Gasteiger partial charge < -0.3 is 44.5 Å². The average molecular weight is 963 g/mol. The first-order valence-electron chi connectivity index (χ1n) is 24.2. The van der Waals surface area contributed by atoms with Gasteiger partial charge in [-0.3, -0.25) is 19.7 Å². The van der Waals surface area contributed by atoms with Crippen molar-refractivity contribution < 1.29 is 47.6 Å². The van der Waals surface area contributed by atoms with Gasteiger partial charge in [0.2, 0.25) is 11.8 Å². The number of alkyl halides is 1. The molecule has 0 unspecified atom stereocenters. The van der Waals surface area contributed by atoms with Gasteiger partial charge in [0.15, 0.2) is 5.67 Å². The normalized spacial score (nSPS) is 22.5. The molecule has 3 heterocycles. The smallest absolute Gasteiger partial charge is 0.412 e. The number of aliphatic hydroxyl groups excluding tert-OH is 1. The summed E-state index contributed by atoms with van der Waals surface area (Å²) in [5.74, 6) is 1.09. The van der Waals surface area contributed by atoms with E-state index in [1.807, 2.05) is 57.5 Å². The molecule has 4 aliphatic rings. The van der Waals surface area contributed by atoms with Crippen LogP contribution in [0.5, 0.6) is 17.2 Å². The SMILES string of the molecule is COc1cc(OC2CCN(CC3CCC(COc4cc(-c5scnc5C)ccc4CNC(=O)[C@@H]4C[C@@H](O)CN4C(=O)[C@@H](NC(=O)C4(F)CC4)C(C)(C)C)CC3)CC2)ccc1NC(=O)OC(C)(C)C. The maximum atomic E-state index is 14.7. The van der Waals surface area contributed by atoms with Crippen molar-refractivity contribution in [2.75, 3.05) is 45.2 Å². The summed E-state index contributed by atoms with van der Waals surface area (Å²) in [5.41, 5.74) is 1.67. The van der Waals surface area contributed by atoms with Crippen LogP contribution in [-0.4, -0.2) is 119 Å². The third kappa shape index (κ3) is 13.2. The van der Waals surface area contributed by atoms with Gasteiger partial charge in [0.25, 0.3) is 5.91 Å². The summed E-state index contributed by atoms with van der Waals surface area (Å²) in [4.78, 5) is 62.3. The highest BCUT2D eigenvalue weighted by Gasteiger charge is 2.53. The zero-order chi connectivity index (χ0) is 49.0. The van der Waals surface area contributed by atoms with Gasteiger partial charge in [-0.1, -0.05) is 32.9 Å². The number of thiazole rings is 1. The van der Waals surface area contributed by atoms with Gasteiger partial charge in [-0.05, 0) is 120 Å². The maximum Gasteiger partial charge on any atom is 0.412 e. The molecule has 15 nitrogen and oxygen atoms in total. The van der Waals surface area contributed by atoms with Crippen LogP contribution in [0.2, 0.25) is 0 Å². The highest BCUT2D eigenvalue weighted by Crippen LogP contribution is 2.41. The molecule has 2 aromatic carbocycles. The Kier molecular flexibility index (Phi) is 16.0. The third-order valence-corrected chi connectivity index (χ3v) is 14.5. The minimum Gasteiger partial charge on any atom is -0.494 e. The van der Waals surface area contributed by atoms with Crippen molar-refractivity contribution in [3.05, 3.63) is 53.2 Å². The van der Waals surface area contributed by atoms with Gasteiger partial charge in [-0.15, -0.1) is 11.3 Å². The molecule has 3 aromatic rings. The summed E-state index contributed by atoms with van der Waals surface area (Å²) >= 11 is 1.56. The molecule has 17 heteroatoms. The lowest BCUT2D eigenvalue weighted by molar-refractivity contribution is -0.145. The molecule has 2 saturated heterocycles. The number of anilines is 1. The first-order valence-corrected chi connectivity index (χ1v) is 25.1. The minimum atomic E-state index is -1.96. The van der Waals surface area contributed by atoms with Crippen LogP contribution in [0.15, 0.2) is 41.9 Å². The summed E-state index contributed by atoms with van der Waals surface area (Å²) in [7, 11) is 1.56. The molecule has 3 atom stereocenters. The summed E-state index contributed by atoms with van der Waals surface area (Å²) in [6.45, 7) is 16.3. The number of hydrogen-bond donors (Lipinski definition) is 4. The van der Waals surface area contributed by atoms with E-state index in [2.05, 4.69) is 25.8 Å². The number of nitrogens with one attached hydrogen (secondary N) is 3. The third-order valence-electron chi connectivity index (χ3n) is 13.5. The van der Waals surface area contributed by atoms with E-state index in [4.69, 9.17) is 18.9 Å². The Balaban J connectivity index is 0.899. The van der Waals surface area contributed by atoms with Crippen molar-refractivity contribution >= 4 is 40.8 Å². The number of ether oxygens (including phenoxy) is 4. The monoisotopic (exact) mass is 962 g/mol. The Morgan fingerprint density at radius 3 is 2.29 bits per heavy atom. The average Bonchev–Trinajstić information content (AvgIpc) is 3.69. The minimum absolute atomic E-state index is 0.0435. The molecule has 2 saturated carbocycles. The number of carbonyl (C=O) groups excluding carboxylic acids is 4. The zero-order valence-corrected chi connectivity index (χ0v) is 41.8. The topological polar surface area (TPSA) is 181 Å². The molecule has 1 aromatic heterocycles. The Morgan fingerprint density at radius 2 is 1.66 bits per heavy atom. The molecule has 2 aliphatic heterocycles. The van der Waals surface area contributed by atoms with E-state index >= 15 is 0 Å². The number of rotatable bonds is 16. The van der Waals surface area contributed by atoms with Crippen LogP contribution in [0.25, 0.3) is 10.4 Å². The number of aliphatic hydroxyl groups is 1. The van der Waals surface area contributed by atoms with E-state index in [9.17, 15) is 28.7 Å². The molecule has 4 N–H and O–H groups in total. The highest BCUT2D eigenvalue weighted by molar-refractivity contribution is 7.13. The molecule has 2 aliphatic carbocycles. The van der Waals surface area contributed by atoms with Gasteiger partial charge in [-0.2, -0.15) is 0 Å². The van der Waals surface area contributed by atoms with Crippen LogP contribution in [-0.2, 0) is 25.7 Å². The number of likely N-dealkylation sites (tertiary alicyclic amines) is 2. The Bertz CT molecular complexity index is 2260. The quantitative estimate of drug-likeness (QED) is 0.110. The van der Waals surface area contributed by atoms with E-state index in [1.54, 1.807) is 51.4 Å². The molecule has 7 rings (SSSR count). The van der Waals surface area contributed by atoms with Crippen LogP contribution in [0.3, 0.4) is 0 Å². The summed E-state index contributed by atoms with van der Waals surface area (Å²) in [5, 5.41) is 19.1. The zero-order valence-electron chi connectivity index (χ0n) is 41.0. The highest BCUT2D eigenvalue weighted by atomic mass is 32.1. The second-order valence-corrected chi connectivity index (χ2v) is 22.1. The van der Waals surface area contributed by atoms with Gasteiger partial charge in [0.1, 0.15) is 41.0 Å². The molecular weight excluding hydrogens is 892 g/mol. The molecule has 4 fully saturated rings. The fourth-order valence-corrected chi connectivity index (χ4v) is 10.2. The van der Waals surface area contributed by atoms with Crippen molar-refractivity contribution in [1.82, 2.24) is 25.4 Å². The first kappa shape index (κ1) is 50.9. The van der Waals surface area contributed by atoms with Gasteiger partial charge in [-0.25, -0.2) is 14.2 Å². The molecule has 0 radical (unpaired) electrons. The fourth-order valence-electron chi connectivity index (χ4n) is 9.39. The lowest BCUT2D eigenvalue weighted by Crippen LogP contribution is -2.59. The molecule has 372 valence electrons. The van der Waals surface area contributed by atoms with Crippen LogP contribution >= 0.6 is 11.3 Å². The van der Waals surface area contributed by atoms with Crippen LogP contribution in [0.4, 0.5) is 14.9 Å². The maximum absolute atomic E-state index is 14.7. The number of carbonyl (C=O) groups is 4. The Morgan fingerprint density at radius 1 is 0.956 bits per heavy atom. The van der Waals surface area contributed by atoms with Crippen LogP contribution < -0.4 is 30.2 Å². The van der Waals surface area contributed by atoms with Crippen molar-refractivity contribution in [2.45, 2.75) is 148 Å². The first-order chi connectivity index (χ1) is 32.2. The molecule has 0 spiro atoms. The van der Waals surface area contributed by atoms with Crippen molar-refractivity contribution in [3.8, 4) is 27.7 Å². The van der Waals surface area contributed by atoms with Crippen molar-refractivity contribution in [1.29, 1.82) is 0 Å². The number of hydrogen-bond acceptors (Lipinski definition) is 12. The molecule has 0 bridgehead atoms. The summed E-state index contributed by atoms with van der Waals surface area (Å²) in [6, 6.07) is 9.33. The standard InChI is InChI=1S/C51H71FN6O9S/c1-31-43(68-30-54-31)34-13-14-35(26-53-45(60)40-24-36(59)28-58(40)46(61)44(49(2,3)4)56-47(62)51(52)19-20-51)41(23-34)65-29-33-11-9-32(10-12-33)27-57-21-17-37(18-22-57)66-38-15-16-39(42(25-38)64-8)55-48(63)67-50(5,6)7/h13-16,23,25,30,32-33,36-37,40,44,59H,9-12,17-22,24,26-29H2,1-8H3,(H,53,60)(H,55,63)(H,56,62)/t32?,33?,36-,40+,44-/m1/s1. The molecule has 68 heavy (non-hydrogen) atoms. The number of nitrogens with zero attached hydrogens (tertiary/aromatic N) is 3. The lowest BCUT2D eigenvalue weighted by atomic mass is 9.82. The van der Waals surface area contributed by atoms with E-state index in [1.165, 1.54) is 4.90 Å². The number of halogens is 1. The summed E-state index contributed by atoms with van der Waals surface area (Å²) in [6.07, 6.45) is 5.08. The number of piperidine rings is 1. The van der Waals surface area contributed by atoms with E-state index in [0.717, 1.165) is 79.9 Å². The van der Waals surface area contributed by atoms with Crippen molar-refractivity contribution in [2.24, 2.45) is 17.3 Å². The lowest BCUT2D eigenvalue weighted by Gasteiger charge is -2.36. The number of aromatic nitrogens is 1. The van der Waals surface area contributed by atoms with E-state index < -0.39 is 58.7 Å². The van der Waals surface area contributed by atoms with Crippen LogP contribution in [0, 0.1) is 24.2 Å². The number of β-amino-alcohol motifs (C(OH)–C–C–N with tert-alkyl or cyclic N) is 1. The number of aryl methyl sites for hydroxylation is 1. The van der Waals surface area contributed by atoms with E-state index in [0.29, 0.717) is 41.4 Å². The largest absolute Gasteiger partial charge is 0.494 e. The van der Waals surface area contributed by atoms with Gasteiger partial charge in [0, 0.05) is 50.8 Å². The predicted molar refractivity (Wildman–Crippen MR) is 259 cm³/mol. The number of benzene rings is 2. The Hall–Kier alpha value is -5.00. The number of amides is 4. The van der Waals surface area contributed by atoms with Gasteiger partial charge in [0.05, 0.1) is 41.6 Å². The number of methoxy groups -OCH3 is 1. The second-order valence-electron chi connectivity index (χ2n) is 21.2.